The predicted octanol–water partition coefficient (Wildman–Crippen LogP) is 6.96. The molecule has 38 heavy (non-hydrogen) atoms. The maximum Gasteiger partial charge on any atom is 0.433 e. The number of rotatable bonds is 6. The average molecular weight is 537 g/mol. The van der Waals surface area contributed by atoms with Crippen molar-refractivity contribution in [2.75, 3.05) is 13.1 Å². The highest BCUT2D eigenvalue weighted by Crippen LogP contribution is 2.38. The van der Waals surface area contributed by atoms with Crippen LogP contribution in [-0.4, -0.2) is 34.7 Å². The molecule has 0 bridgehead atoms. The van der Waals surface area contributed by atoms with E-state index in [9.17, 15) is 35.9 Å². The minimum atomic E-state index is -4.98. The molecule has 0 unspecified atom stereocenters. The first-order chi connectivity index (χ1) is 17.9. The topological polar surface area (TPSA) is 50.3 Å². The van der Waals surface area contributed by atoms with E-state index in [2.05, 4.69) is 4.98 Å². The summed E-state index contributed by atoms with van der Waals surface area (Å²) in [5.74, 6) is -0.545. The summed E-state index contributed by atoms with van der Waals surface area (Å²) in [6, 6.07) is 12.5. The zero-order valence-electron chi connectivity index (χ0n) is 20.6. The lowest BCUT2D eigenvalue weighted by atomic mass is 9.79. The van der Waals surface area contributed by atoms with Gasteiger partial charge in [-0.1, -0.05) is 43.7 Å². The van der Waals surface area contributed by atoms with Crippen molar-refractivity contribution in [1.29, 1.82) is 0 Å². The number of pyridine rings is 1. The molecule has 0 N–H and O–H groups in total. The molecule has 1 aromatic heterocycles. The minimum Gasteiger partial charge on any atom is -0.338 e. The first-order valence-electron chi connectivity index (χ1n) is 12.3. The van der Waals surface area contributed by atoms with Crippen LogP contribution in [0.1, 0.15) is 53.4 Å². The molecule has 1 aliphatic heterocycles. The van der Waals surface area contributed by atoms with Crippen molar-refractivity contribution in [2.45, 2.75) is 45.0 Å². The third kappa shape index (κ3) is 6.00. The van der Waals surface area contributed by atoms with E-state index in [0.717, 1.165) is 6.07 Å². The quantitative estimate of drug-likeness (QED) is 0.320. The zero-order valence-corrected chi connectivity index (χ0v) is 20.6. The average Bonchev–Trinajstić information content (AvgIpc) is 2.87. The molecule has 2 atom stereocenters. The number of alkyl halides is 6. The van der Waals surface area contributed by atoms with Crippen molar-refractivity contribution in [1.82, 2.24) is 9.88 Å². The Labute approximate surface area is 215 Å². The van der Waals surface area contributed by atoms with Gasteiger partial charge in [0, 0.05) is 36.9 Å². The number of amides is 1. The maximum atomic E-state index is 13.5. The maximum absolute atomic E-state index is 13.5. The highest BCUT2D eigenvalue weighted by Gasteiger charge is 2.38. The molecule has 2 aromatic carbocycles. The van der Waals surface area contributed by atoms with E-state index in [1.165, 1.54) is 6.07 Å². The number of carbonyl (C=O) groups excluding carboxylic acids is 2. The number of halogens is 6. The van der Waals surface area contributed by atoms with Gasteiger partial charge in [-0.15, -0.1) is 0 Å². The van der Waals surface area contributed by atoms with Crippen LogP contribution in [0, 0.1) is 11.8 Å². The van der Waals surface area contributed by atoms with Crippen LogP contribution < -0.4 is 0 Å². The number of benzene rings is 2. The predicted molar refractivity (Wildman–Crippen MR) is 129 cm³/mol. The van der Waals surface area contributed by atoms with Gasteiger partial charge >= 0.3 is 12.4 Å². The van der Waals surface area contributed by atoms with Crippen LogP contribution in [0.5, 0.6) is 0 Å². The number of likely N-dealkylation sites (tertiary alicyclic amines) is 1. The van der Waals surface area contributed by atoms with Crippen LogP contribution in [-0.2, 0) is 23.6 Å². The molecule has 4 nitrogen and oxygen atoms in total. The molecule has 202 valence electrons. The van der Waals surface area contributed by atoms with E-state index in [0.29, 0.717) is 43.6 Å². The number of carbonyl (C=O) groups is 2. The Hall–Kier alpha value is -3.43. The van der Waals surface area contributed by atoms with Crippen molar-refractivity contribution < 1.29 is 35.9 Å². The SMILES string of the molecule is CC[C@H]1CN(C(=O)c2ccccc2)CC[C@H]1CC(=O)Cc1cc(C(F)(F)F)nc2c(C(F)(F)F)cccc12. The first kappa shape index (κ1) is 27.6. The second kappa shape index (κ2) is 10.7. The van der Waals surface area contributed by atoms with Gasteiger partial charge in [-0.05, 0) is 48.1 Å². The Morgan fingerprint density at radius 3 is 2.29 bits per heavy atom. The molecule has 1 fully saturated rings. The Kier molecular flexibility index (Phi) is 7.80. The van der Waals surface area contributed by atoms with Gasteiger partial charge in [0.05, 0.1) is 11.1 Å². The molecule has 4 rings (SSSR count). The molecular weight excluding hydrogens is 510 g/mol. The molecule has 0 saturated carbocycles. The Morgan fingerprint density at radius 2 is 1.66 bits per heavy atom. The van der Waals surface area contributed by atoms with Gasteiger partial charge in [-0.25, -0.2) is 4.98 Å². The molecular formula is C28H26F6N2O2. The summed E-state index contributed by atoms with van der Waals surface area (Å²) >= 11 is 0. The Morgan fingerprint density at radius 1 is 0.947 bits per heavy atom. The second-order valence-corrected chi connectivity index (χ2v) is 9.62. The molecule has 1 amide bonds. The van der Waals surface area contributed by atoms with Crippen molar-refractivity contribution in [3.8, 4) is 0 Å². The molecule has 3 aromatic rings. The number of ketones is 1. The summed E-state index contributed by atoms with van der Waals surface area (Å²) in [6.45, 7) is 2.84. The molecule has 0 spiro atoms. The fourth-order valence-electron chi connectivity index (χ4n) is 5.18. The second-order valence-electron chi connectivity index (χ2n) is 9.62. The van der Waals surface area contributed by atoms with E-state index in [4.69, 9.17) is 0 Å². The third-order valence-corrected chi connectivity index (χ3v) is 7.12. The summed E-state index contributed by atoms with van der Waals surface area (Å²) < 4.78 is 81.0. The summed E-state index contributed by atoms with van der Waals surface area (Å²) in [5.41, 5.74) is -3.14. The number of Topliss-reactive ketones (excluding diaryl/α,β-unsaturated/α-hetero) is 1. The number of piperidine rings is 1. The Bertz CT molecular complexity index is 1320. The zero-order chi connectivity index (χ0) is 27.7. The summed E-state index contributed by atoms with van der Waals surface area (Å²) in [5, 5.41) is -0.128. The number of nitrogens with zero attached hydrogens (tertiary/aromatic N) is 2. The minimum absolute atomic E-state index is 0.0112. The standard InChI is InChI=1S/C28H26F6N2O2/c1-2-17-16-36(26(38)18-7-4-3-5-8-18)12-11-19(17)13-21(37)14-20-15-24(28(32,33)34)35-25-22(20)9-6-10-23(25)27(29,30)31/h3-10,15,17,19H,2,11-14,16H2,1H3/t17-,19-/m0/s1. The van der Waals surface area contributed by atoms with Crippen LogP contribution in [0.15, 0.2) is 54.6 Å². The molecule has 1 saturated heterocycles. The van der Waals surface area contributed by atoms with Gasteiger partial charge in [0.25, 0.3) is 5.91 Å². The fourth-order valence-corrected chi connectivity index (χ4v) is 5.18. The van der Waals surface area contributed by atoms with Crippen molar-refractivity contribution in [3.05, 3.63) is 77.0 Å². The summed E-state index contributed by atoms with van der Waals surface area (Å²) in [7, 11) is 0. The lowest BCUT2D eigenvalue weighted by Gasteiger charge is -2.38. The highest BCUT2D eigenvalue weighted by molar-refractivity contribution is 5.94. The number of hydrogen-bond donors (Lipinski definition) is 0. The van der Waals surface area contributed by atoms with Crippen LogP contribution in [0.4, 0.5) is 26.3 Å². The van der Waals surface area contributed by atoms with Crippen molar-refractivity contribution in [2.24, 2.45) is 11.8 Å². The van der Waals surface area contributed by atoms with E-state index < -0.39 is 35.5 Å². The van der Waals surface area contributed by atoms with Crippen LogP contribution in [0.2, 0.25) is 0 Å². The van der Waals surface area contributed by atoms with E-state index in [1.807, 2.05) is 13.0 Å². The molecule has 0 aliphatic carbocycles. The third-order valence-electron chi connectivity index (χ3n) is 7.12. The number of aromatic nitrogens is 1. The smallest absolute Gasteiger partial charge is 0.338 e. The molecule has 0 radical (unpaired) electrons. The van der Waals surface area contributed by atoms with Gasteiger partial charge in [-0.2, -0.15) is 26.3 Å². The Balaban J connectivity index is 1.54. The van der Waals surface area contributed by atoms with Gasteiger partial charge in [0.15, 0.2) is 0 Å². The molecule has 2 heterocycles. The van der Waals surface area contributed by atoms with E-state index in [1.54, 1.807) is 29.2 Å². The number of fused-ring (bicyclic) bond motifs is 1. The van der Waals surface area contributed by atoms with Gasteiger partial charge in [0.1, 0.15) is 11.5 Å². The van der Waals surface area contributed by atoms with Crippen LogP contribution >= 0.6 is 0 Å². The van der Waals surface area contributed by atoms with Gasteiger partial charge in [-0.3, -0.25) is 9.59 Å². The number of para-hydroxylation sites is 1. The van der Waals surface area contributed by atoms with Gasteiger partial charge < -0.3 is 4.90 Å². The van der Waals surface area contributed by atoms with Crippen molar-refractivity contribution >= 4 is 22.6 Å². The fraction of sp³-hybridized carbons (Fsp3) is 0.393. The molecule has 1 aliphatic rings. The largest absolute Gasteiger partial charge is 0.433 e. The lowest BCUT2D eigenvalue weighted by molar-refractivity contribution is -0.142. The van der Waals surface area contributed by atoms with Crippen LogP contribution in [0.25, 0.3) is 10.9 Å². The first-order valence-corrected chi connectivity index (χ1v) is 12.3. The number of hydrogen-bond acceptors (Lipinski definition) is 3. The summed E-state index contributed by atoms with van der Waals surface area (Å²) in [6.07, 6.45) is -9.01. The van der Waals surface area contributed by atoms with E-state index in [-0.39, 0.29) is 40.9 Å². The highest BCUT2D eigenvalue weighted by atomic mass is 19.4. The molecule has 10 heteroatoms. The normalized spacial score (nSPS) is 18.6. The lowest BCUT2D eigenvalue weighted by Crippen LogP contribution is -2.44. The van der Waals surface area contributed by atoms with Gasteiger partial charge in [0.2, 0.25) is 0 Å². The monoisotopic (exact) mass is 536 g/mol. The van der Waals surface area contributed by atoms with E-state index >= 15 is 0 Å². The van der Waals surface area contributed by atoms with Crippen molar-refractivity contribution in [3.63, 3.8) is 0 Å². The summed E-state index contributed by atoms with van der Waals surface area (Å²) in [4.78, 5) is 30.9. The van der Waals surface area contributed by atoms with Crippen LogP contribution in [0.3, 0.4) is 0 Å².